The Hall–Kier alpha value is -1.11. The van der Waals surface area contributed by atoms with E-state index in [0.29, 0.717) is 10.6 Å². The van der Waals surface area contributed by atoms with Crippen LogP contribution in [0.3, 0.4) is 0 Å². The lowest BCUT2D eigenvalue weighted by molar-refractivity contribution is 0.0912. The summed E-state index contributed by atoms with van der Waals surface area (Å²) >= 11 is 4.83. The summed E-state index contributed by atoms with van der Waals surface area (Å²) in [5, 5.41) is 13.0. The first-order valence-electron chi connectivity index (χ1n) is 5.96. The van der Waals surface area contributed by atoms with Crippen molar-refractivity contribution in [3.05, 3.63) is 27.5 Å². The van der Waals surface area contributed by atoms with E-state index in [-0.39, 0.29) is 12.5 Å². The van der Waals surface area contributed by atoms with Crippen molar-refractivity contribution in [1.29, 1.82) is 0 Å². The van der Waals surface area contributed by atoms with Crippen LogP contribution in [-0.2, 0) is 0 Å². The normalized spacial score (nSPS) is 16.5. The Morgan fingerprint density at radius 1 is 1.53 bits per heavy atom. The molecule has 0 atom stereocenters. The molecule has 4 nitrogen and oxygen atoms in total. The molecule has 1 aliphatic carbocycles. The second kappa shape index (κ2) is 4.47. The number of amides is 1. The number of aliphatic hydroxyl groups excluding tert-OH is 1. The molecule has 0 saturated heterocycles. The van der Waals surface area contributed by atoms with Gasteiger partial charge < -0.3 is 16.2 Å². The molecular formula is C13H13BrN2O2S. The van der Waals surface area contributed by atoms with Crippen LogP contribution < -0.4 is 11.1 Å². The van der Waals surface area contributed by atoms with Gasteiger partial charge in [-0.2, -0.15) is 0 Å². The highest BCUT2D eigenvalue weighted by molar-refractivity contribution is 9.10. The molecule has 0 spiro atoms. The summed E-state index contributed by atoms with van der Waals surface area (Å²) in [7, 11) is 0. The maximum atomic E-state index is 12.3. The third kappa shape index (κ3) is 2.13. The van der Waals surface area contributed by atoms with Crippen LogP contribution in [0.5, 0.6) is 0 Å². The van der Waals surface area contributed by atoms with Crippen molar-refractivity contribution in [3.63, 3.8) is 0 Å². The quantitative estimate of drug-likeness (QED) is 0.803. The number of anilines is 1. The number of nitrogens with one attached hydrogen (secondary N) is 1. The van der Waals surface area contributed by atoms with Crippen LogP contribution in [-0.4, -0.2) is 23.2 Å². The van der Waals surface area contributed by atoms with Crippen LogP contribution in [0.4, 0.5) is 5.69 Å². The van der Waals surface area contributed by atoms with Crippen LogP contribution in [0, 0.1) is 0 Å². The van der Waals surface area contributed by atoms with Gasteiger partial charge in [-0.1, -0.05) is 22.0 Å². The second-order valence-electron chi connectivity index (χ2n) is 4.85. The SMILES string of the molecule is Nc1c(C(=O)NC2(CO)CC2)sc2cccc(Br)c12. The molecule has 0 aliphatic heterocycles. The summed E-state index contributed by atoms with van der Waals surface area (Å²) in [6, 6.07) is 5.76. The molecule has 1 aromatic carbocycles. The number of halogens is 1. The Kier molecular flexibility index (Phi) is 3.03. The van der Waals surface area contributed by atoms with Gasteiger partial charge in [-0.3, -0.25) is 4.79 Å². The molecule has 0 radical (unpaired) electrons. The zero-order chi connectivity index (χ0) is 13.6. The number of aliphatic hydroxyl groups is 1. The van der Waals surface area contributed by atoms with Gasteiger partial charge in [-0.05, 0) is 25.0 Å². The first kappa shape index (κ1) is 12.9. The Morgan fingerprint density at radius 2 is 2.26 bits per heavy atom. The summed E-state index contributed by atoms with van der Waals surface area (Å²) in [6.07, 6.45) is 1.65. The number of hydrogen-bond acceptors (Lipinski definition) is 4. The molecule has 1 aliphatic rings. The van der Waals surface area contributed by atoms with Gasteiger partial charge in [0.25, 0.3) is 5.91 Å². The van der Waals surface area contributed by atoms with Crippen molar-refractivity contribution in [3.8, 4) is 0 Å². The highest BCUT2D eigenvalue weighted by atomic mass is 79.9. The lowest BCUT2D eigenvalue weighted by atomic mass is 10.2. The molecule has 6 heteroatoms. The standard InChI is InChI=1S/C13H13BrN2O2S/c14-7-2-1-3-8-9(7)10(15)11(19-8)12(18)16-13(6-17)4-5-13/h1-3,17H,4-6,15H2,(H,16,18). The second-order valence-corrected chi connectivity index (χ2v) is 6.76. The number of hydrogen-bond donors (Lipinski definition) is 3. The molecule has 100 valence electrons. The van der Waals surface area contributed by atoms with E-state index in [2.05, 4.69) is 21.2 Å². The predicted molar refractivity (Wildman–Crippen MR) is 80.5 cm³/mol. The fourth-order valence-corrected chi connectivity index (χ4v) is 3.82. The summed E-state index contributed by atoms with van der Waals surface area (Å²) in [5.41, 5.74) is 6.16. The van der Waals surface area contributed by atoms with Crippen molar-refractivity contribution in [2.24, 2.45) is 0 Å². The zero-order valence-electron chi connectivity index (χ0n) is 10.1. The molecule has 1 amide bonds. The topological polar surface area (TPSA) is 75.4 Å². The first-order chi connectivity index (χ1) is 9.06. The van der Waals surface area contributed by atoms with Gasteiger partial charge in [0.05, 0.1) is 17.8 Å². The third-order valence-electron chi connectivity index (χ3n) is 3.44. The molecule has 2 aromatic rings. The van der Waals surface area contributed by atoms with Crippen molar-refractivity contribution in [2.75, 3.05) is 12.3 Å². The number of rotatable bonds is 3. The fourth-order valence-electron chi connectivity index (χ4n) is 2.07. The molecule has 1 fully saturated rings. The number of benzene rings is 1. The van der Waals surface area contributed by atoms with E-state index in [1.165, 1.54) is 11.3 Å². The van der Waals surface area contributed by atoms with Crippen molar-refractivity contribution < 1.29 is 9.90 Å². The zero-order valence-corrected chi connectivity index (χ0v) is 12.5. The number of carbonyl (C=O) groups excluding carboxylic acids is 1. The number of thiophene rings is 1. The van der Waals surface area contributed by atoms with E-state index in [4.69, 9.17) is 5.73 Å². The maximum absolute atomic E-state index is 12.3. The minimum atomic E-state index is -0.420. The van der Waals surface area contributed by atoms with E-state index < -0.39 is 5.54 Å². The first-order valence-corrected chi connectivity index (χ1v) is 7.57. The average Bonchev–Trinajstić information content (AvgIpc) is 3.07. The van der Waals surface area contributed by atoms with E-state index in [0.717, 1.165) is 27.4 Å². The average molecular weight is 341 g/mol. The van der Waals surface area contributed by atoms with Crippen LogP contribution in [0.1, 0.15) is 22.5 Å². The molecule has 0 unspecified atom stereocenters. The molecule has 1 heterocycles. The van der Waals surface area contributed by atoms with Gasteiger partial charge in [0.15, 0.2) is 0 Å². The maximum Gasteiger partial charge on any atom is 0.264 e. The highest BCUT2D eigenvalue weighted by Gasteiger charge is 2.44. The summed E-state index contributed by atoms with van der Waals surface area (Å²) in [5.74, 6) is -0.197. The number of carbonyl (C=O) groups is 1. The van der Waals surface area contributed by atoms with Crippen LogP contribution in [0.2, 0.25) is 0 Å². The molecule has 0 bridgehead atoms. The number of fused-ring (bicyclic) bond motifs is 1. The van der Waals surface area contributed by atoms with Crippen molar-refractivity contribution in [2.45, 2.75) is 18.4 Å². The molecule has 19 heavy (non-hydrogen) atoms. The molecule has 4 N–H and O–H groups in total. The predicted octanol–water partition coefficient (Wildman–Crippen LogP) is 2.50. The lowest BCUT2D eigenvalue weighted by Gasteiger charge is -2.13. The third-order valence-corrected chi connectivity index (χ3v) is 5.27. The number of nitrogens with two attached hydrogens (primary N) is 1. The molecule has 1 aromatic heterocycles. The van der Waals surface area contributed by atoms with Crippen LogP contribution in [0.25, 0.3) is 10.1 Å². The molecule has 1 saturated carbocycles. The lowest BCUT2D eigenvalue weighted by Crippen LogP contribution is -2.39. The van der Waals surface area contributed by atoms with E-state index in [9.17, 15) is 9.90 Å². The van der Waals surface area contributed by atoms with Gasteiger partial charge in [0.1, 0.15) is 4.88 Å². The highest BCUT2D eigenvalue weighted by Crippen LogP contribution is 2.40. The fraction of sp³-hybridized carbons (Fsp3) is 0.308. The Balaban J connectivity index is 1.99. The summed E-state index contributed by atoms with van der Waals surface area (Å²) < 4.78 is 1.87. The largest absolute Gasteiger partial charge is 0.397 e. The number of nitrogen functional groups attached to an aromatic ring is 1. The summed E-state index contributed by atoms with van der Waals surface area (Å²) in [4.78, 5) is 12.8. The van der Waals surface area contributed by atoms with Crippen LogP contribution >= 0.6 is 27.3 Å². The Bertz CT molecular complexity index is 664. The van der Waals surface area contributed by atoms with Crippen LogP contribution in [0.15, 0.2) is 22.7 Å². The summed E-state index contributed by atoms with van der Waals surface area (Å²) in [6.45, 7) is -0.0206. The van der Waals surface area contributed by atoms with Crippen molar-refractivity contribution >= 4 is 48.9 Å². The van der Waals surface area contributed by atoms with Crippen molar-refractivity contribution in [1.82, 2.24) is 5.32 Å². The molecular weight excluding hydrogens is 328 g/mol. The van der Waals surface area contributed by atoms with E-state index in [1.54, 1.807) is 0 Å². The minimum absolute atomic E-state index is 0.0206. The van der Waals surface area contributed by atoms with Gasteiger partial charge in [0, 0.05) is 14.6 Å². The smallest absolute Gasteiger partial charge is 0.264 e. The Labute approximate surface area is 122 Å². The Morgan fingerprint density at radius 3 is 2.84 bits per heavy atom. The van der Waals surface area contributed by atoms with E-state index >= 15 is 0 Å². The van der Waals surface area contributed by atoms with Gasteiger partial charge in [-0.15, -0.1) is 11.3 Å². The van der Waals surface area contributed by atoms with E-state index in [1.807, 2.05) is 18.2 Å². The van der Waals surface area contributed by atoms with Gasteiger partial charge >= 0.3 is 0 Å². The monoisotopic (exact) mass is 340 g/mol. The van der Waals surface area contributed by atoms with Gasteiger partial charge in [0.2, 0.25) is 0 Å². The molecule has 3 rings (SSSR count). The van der Waals surface area contributed by atoms with Gasteiger partial charge in [-0.25, -0.2) is 0 Å². The minimum Gasteiger partial charge on any atom is -0.397 e.